The molecule has 1 atom stereocenters. The molecule has 0 aliphatic heterocycles. The average molecular weight is 308 g/mol. The normalized spacial score (nSPS) is 12.7. The smallest absolute Gasteiger partial charge is 0.308 e. The minimum Gasteiger partial charge on any atom is -0.460 e. The van der Waals surface area contributed by atoms with Crippen LogP contribution in [0.2, 0.25) is 0 Å². The number of Topliss-reactive ketones (excluding diaryl/α,β-unsaturated/α-hetero) is 1. The van der Waals surface area contributed by atoms with Crippen LogP contribution >= 0.6 is 0 Å². The van der Waals surface area contributed by atoms with Gasteiger partial charge in [-0.15, -0.1) is 0 Å². The number of hydrogen-bond acceptors (Lipinski definition) is 5. The molecule has 0 saturated carbocycles. The molecule has 0 aliphatic carbocycles. The number of hydrogen-bond donors (Lipinski definition) is 1. The van der Waals surface area contributed by atoms with E-state index in [0.717, 1.165) is 5.56 Å². The molecule has 1 aromatic carbocycles. The fourth-order valence-corrected chi connectivity index (χ4v) is 1.83. The van der Waals surface area contributed by atoms with Gasteiger partial charge in [-0.1, -0.05) is 30.3 Å². The summed E-state index contributed by atoms with van der Waals surface area (Å²) in [6.45, 7) is 5.51. The van der Waals surface area contributed by atoms with Crippen LogP contribution in [0.5, 0.6) is 0 Å². The second-order valence-electron chi connectivity index (χ2n) is 6.17. The zero-order valence-corrected chi connectivity index (χ0v) is 13.4. The number of aliphatic hydroxyl groups excluding tert-OH is 1. The molecular formula is C17H24O5. The van der Waals surface area contributed by atoms with Crippen LogP contribution < -0.4 is 0 Å². The Bertz CT molecular complexity index is 476. The van der Waals surface area contributed by atoms with Gasteiger partial charge in [-0.25, -0.2) is 0 Å². The minimum atomic E-state index is -1.04. The number of rotatable bonds is 8. The third-order valence-electron chi connectivity index (χ3n) is 2.66. The van der Waals surface area contributed by atoms with Crippen molar-refractivity contribution in [3.63, 3.8) is 0 Å². The number of aliphatic hydroxyl groups is 1. The Morgan fingerprint density at radius 2 is 1.77 bits per heavy atom. The molecule has 1 aromatic rings. The molecule has 0 spiro atoms. The summed E-state index contributed by atoms with van der Waals surface area (Å²) >= 11 is 0. The van der Waals surface area contributed by atoms with Crippen molar-refractivity contribution in [3.05, 3.63) is 35.9 Å². The fourth-order valence-electron chi connectivity index (χ4n) is 1.83. The Hall–Kier alpha value is -1.72. The van der Waals surface area contributed by atoms with Gasteiger partial charge >= 0.3 is 5.97 Å². The molecule has 122 valence electrons. The van der Waals surface area contributed by atoms with E-state index in [0.29, 0.717) is 6.61 Å². The number of ketones is 1. The van der Waals surface area contributed by atoms with Gasteiger partial charge in [0.2, 0.25) is 0 Å². The van der Waals surface area contributed by atoms with Crippen LogP contribution in [-0.4, -0.2) is 35.2 Å². The standard InChI is InChI=1S/C17H24O5/c1-17(2,3)22-16(20)10-14(18)9-15(19)12-21-11-13-7-5-4-6-8-13/h4-8,14,18H,9-12H2,1-3H3/t14-/m1/s1. The van der Waals surface area contributed by atoms with Crippen molar-refractivity contribution in [1.82, 2.24) is 0 Å². The molecule has 0 fully saturated rings. The number of carbonyl (C=O) groups is 2. The topological polar surface area (TPSA) is 72.8 Å². The molecule has 0 unspecified atom stereocenters. The molecule has 1 N–H and O–H groups in total. The van der Waals surface area contributed by atoms with Crippen molar-refractivity contribution < 1.29 is 24.2 Å². The van der Waals surface area contributed by atoms with E-state index in [-0.39, 0.29) is 25.2 Å². The molecule has 0 aromatic heterocycles. The quantitative estimate of drug-likeness (QED) is 0.746. The van der Waals surface area contributed by atoms with Gasteiger partial charge in [0, 0.05) is 6.42 Å². The molecular weight excluding hydrogens is 284 g/mol. The molecule has 0 radical (unpaired) electrons. The molecule has 0 bridgehead atoms. The first-order valence-corrected chi connectivity index (χ1v) is 7.29. The Morgan fingerprint density at radius 1 is 1.14 bits per heavy atom. The maximum absolute atomic E-state index is 11.7. The predicted octanol–water partition coefficient (Wildman–Crippen LogP) is 2.26. The summed E-state index contributed by atoms with van der Waals surface area (Å²) < 4.78 is 10.4. The van der Waals surface area contributed by atoms with Gasteiger partial charge < -0.3 is 14.6 Å². The van der Waals surface area contributed by atoms with E-state index in [4.69, 9.17) is 9.47 Å². The molecule has 0 aliphatic rings. The number of carbonyl (C=O) groups excluding carboxylic acids is 2. The zero-order chi connectivity index (χ0) is 16.6. The van der Waals surface area contributed by atoms with Crippen molar-refractivity contribution in [3.8, 4) is 0 Å². The van der Waals surface area contributed by atoms with Crippen LogP contribution in [0.4, 0.5) is 0 Å². The molecule has 5 heteroatoms. The lowest BCUT2D eigenvalue weighted by molar-refractivity contribution is -0.157. The van der Waals surface area contributed by atoms with Crippen LogP contribution in [0.25, 0.3) is 0 Å². The van der Waals surface area contributed by atoms with Gasteiger partial charge in [0.25, 0.3) is 0 Å². The maximum atomic E-state index is 11.7. The second kappa shape index (κ2) is 8.66. The highest BCUT2D eigenvalue weighted by Gasteiger charge is 2.20. The highest BCUT2D eigenvalue weighted by molar-refractivity contribution is 5.81. The van der Waals surface area contributed by atoms with Gasteiger partial charge in [-0.2, -0.15) is 0 Å². The summed E-state index contributed by atoms with van der Waals surface area (Å²) in [6, 6.07) is 9.50. The van der Waals surface area contributed by atoms with Crippen LogP contribution in [0.3, 0.4) is 0 Å². The Labute approximate surface area is 131 Å². The first-order valence-electron chi connectivity index (χ1n) is 7.29. The summed E-state index contributed by atoms with van der Waals surface area (Å²) in [7, 11) is 0. The van der Waals surface area contributed by atoms with E-state index in [1.54, 1.807) is 20.8 Å². The summed E-state index contributed by atoms with van der Waals surface area (Å²) in [5.74, 6) is -0.759. The predicted molar refractivity (Wildman–Crippen MR) is 82.2 cm³/mol. The molecule has 0 amide bonds. The first-order chi connectivity index (χ1) is 10.3. The lowest BCUT2D eigenvalue weighted by Crippen LogP contribution is -2.27. The van der Waals surface area contributed by atoms with Crippen molar-refractivity contribution in [1.29, 1.82) is 0 Å². The monoisotopic (exact) mass is 308 g/mol. The van der Waals surface area contributed by atoms with Crippen molar-refractivity contribution in [2.24, 2.45) is 0 Å². The van der Waals surface area contributed by atoms with Gasteiger partial charge in [-0.05, 0) is 26.3 Å². The van der Waals surface area contributed by atoms with Crippen molar-refractivity contribution >= 4 is 11.8 Å². The van der Waals surface area contributed by atoms with Crippen molar-refractivity contribution in [2.45, 2.75) is 51.9 Å². The average Bonchev–Trinajstić information content (AvgIpc) is 2.37. The van der Waals surface area contributed by atoms with E-state index < -0.39 is 17.7 Å². The summed E-state index contributed by atoms with van der Waals surface area (Å²) in [4.78, 5) is 23.2. The number of ether oxygens (including phenoxy) is 2. The van der Waals surface area contributed by atoms with Gasteiger partial charge in [0.1, 0.15) is 12.2 Å². The number of benzene rings is 1. The SMILES string of the molecule is CC(C)(C)OC(=O)C[C@H](O)CC(=O)COCc1ccccc1. The Morgan fingerprint density at radius 3 is 2.36 bits per heavy atom. The summed E-state index contributed by atoms with van der Waals surface area (Å²) in [5, 5.41) is 9.73. The maximum Gasteiger partial charge on any atom is 0.308 e. The van der Waals surface area contributed by atoms with E-state index in [2.05, 4.69) is 0 Å². The Kier molecular flexibility index (Phi) is 7.21. The summed E-state index contributed by atoms with van der Waals surface area (Å²) in [5.41, 5.74) is 0.379. The largest absolute Gasteiger partial charge is 0.460 e. The minimum absolute atomic E-state index is 0.0831. The fraction of sp³-hybridized carbons (Fsp3) is 0.529. The molecule has 0 saturated heterocycles. The highest BCUT2D eigenvalue weighted by Crippen LogP contribution is 2.10. The second-order valence-corrected chi connectivity index (χ2v) is 6.17. The van der Waals surface area contributed by atoms with Crippen LogP contribution in [0.1, 0.15) is 39.2 Å². The number of esters is 1. The Balaban J connectivity index is 2.22. The molecule has 1 rings (SSSR count). The van der Waals surface area contributed by atoms with E-state index >= 15 is 0 Å². The molecule has 22 heavy (non-hydrogen) atoms. The highest BCUT2D eigenvalue weighted by atomic mass is 16.6. The third kappa shape index (κ3) is 8.54. The van der Waals surface area contributed by atoms with E-state index in [1.807, 2.05) is 30.3 Å². The van der Waals surface area contributed by atoms with Crippen LogP contribution in [0.15, 0.2) is 30.3 Å². The van der Waals surface area contributed by atoms with Crippen LogP contribution in [-0.2, 0) is 25.7 Å². The van der Waals surface area contributed by atoms with Crippen molar-refractivity contribution in [2.75, 3.05) is 6.61 Å². The van der Waals surface area contributed by atoms with E-state index in [9.17, 15) is 14.7 Å². The van der Waals surface area contributed by atoms with E-state index in [1.165, 1.54) is 0 Å². The van der Waals surface area contributed by atoms with Gasteiger partial charge in [0.15, 0.2) is 5.78 Å². The lowest BCUT2D eigenvalue weighted by Gasteiger charge is -2.20. The zero-order valence-electron chi connectivity index (χ0n) is 13.4. The molecule has 0 heterocycles. The third-order valence-corrected chi connectivity index (χ3v) is 2.66. The van der Waals surface area contributed by atoms with Gasteiger partial charge in [-0.3, -0.25) is 9.59 Å². The van der Waals surface area contributed by atoms with Crippen LogP contribution in [0, 0.1) is 0 Å². The summed E-state index contributed by atoms with van der Waals surface area (Å²) in [6.07, 6.45) is -1.35. The first kappa shape index (κ1) is 18.3. The lowest BCUT2D eigenvalue weighted by atomic mass is 10.1. The molecule has 5 nitrogen and oxygen atoms in total. The van der Waals surface area contributed by atoms with Gasteiger partial charge in [0.05, 0.1) is 19.1 Å².